The van der Waals surface area contributed by atoms with Crippen LogP contribution in [0.3, 0.4) is 0 Å². The first-order valence-corrected chi connectivity index (χ1v) is 8.92. The average Bonchev–Trinajstić information content (AvgIpc) is 3.11. The zero-order valence-corrected chi connectivity index (χ0v) is 15.3. The lowest BCUT2D eigenvalue weighted by atomic mass is 10.2. The highest BCUT2D eigenvalue weighted by molar-refractivity contribution is 7.80. The largest absolute Gasteiger partial charge is 0.372 e. The predicted molar refractivity (Wildman–Crippen MR) is 105 cm³/mol. The third kappa shape index (κ3) is 4.36. The molecule has 6 heteroatoms. The van der Waals surface area contributed by atoms with Crippen LogP contribution in [0.15, 0.2) is 36.4 Å². The minimum absolute atomic E-state index is 0.549. The molecule has 0 spiro atoms. The number of anilines is 2. The van der Waals surface area contributed by atoms with E-state index < -0.39 is 0 Å². The Hall–Kier alpha value is -1.85. The highest BCUT2D eigenvalue weighted by Crippen LogP contribution is 2.20. The highest BCUT2D eigenvalue weighted by Gasteiger charge is 2.11. The van der Waals surface area contributed by atoms with Gasteiger partial charge in [-0.2, -0.15) is 0 Å². The summed E-state index contributed by atoms with van der Waals surface area (Å²) in [6.07, 6.45) is 2.59. The van der Waals surface area contributed by atoms with Gasteiger partial charge in [0.2, 0.25) is 0 Å². The van der Waals surface area contributed by atoms with Crippen LogP contribution in [0.1, 0.15) is 24.1 Å². The van der Waals surface area contributed by atoms with Crippen LogP contribution in [0.5, 0.6) is 0 Å². The molecule has 1 aromatic carbocycles. The van der Waals surface area contributed by atoms with Gasteiger partial charge in [-0.25, -0.2) is 4.98 Å². The van der Waals surface area contributed by atoms with Gasteiger partial charge in [0.25, 0.3) is 0 Å². The third-order valence-electron chi connectivity index (χ3n) is 4.12. The molecule has 24 heavy (non-hydrogen) atoms. The Morgan fingerprint density at radius 3 is 2.54 bits per heavy atom. The Bertz CT molecular complexity index is 711. The van der Waals surface area contributed by atoms with Gasteiger partial charge in [0.1, 0.15) is 5.82 Å². The van der Waals surface area contributed by atoms with Gasteiger partial charge in [-0.3, -0.25) is 0 Å². The maximum absolute atomic E-state index is 5.98. The highest BCUT2D eigenvalue weighted by atomic mass is 35.5. The first kappa shape index (κ1) is 17.0. The van der Waals surface area contributed by atoms with E-state index in [1.807, 2.05) is 19.1 Å². The van der Waals surface area contributed by atoms with Crippen molar-refractivity contribution in [1.82, 2.24) is 10.3 Å². The predicted octanol–water partition coefficient (Wildman–Crippen LogP) is 4.13. The molecule has 4 nitrogen and oxygen atoms in total. The maximum atomic E-state index is 5.98. The van der Waals surface area contributed by atoms with Crippen LogP contribution in [-0.4, -0.2) is 23.2 Å². The van der Waals surface area contributed by atoms with E-state index in [4.69, 9.17) is 23.8 Å². The summed E-state index contributed by atoms with van der Waals surface area (Å²) in [5.74, 6) is 0.693. The summed E-state index contributed by atoms with van der Waals surface area (Å²) in [6, 6.07) is 12.3. The van der Waals surface area contributed by atoms with Gasteiger partial charge in [0, 0.05) is 25.3 Å². The first-order valence-electron chi connectivity index (χ1n) is 8.14. The van der Waals surface area contributed by atoms with E-state index >= 15 is 0 Å². The van der Waals surface area contributed by atoms with Crippen LogP contribution in [0.25, 0.3) is 0 Å². The molecule has 2 aromatic rings. The van der Waals surface area contributed by atoms with Crippen molar-refractivity contribution < 1.29 is 0 Å². The van der Waals surface area contributed by atoms with Crippen molar-refractivity contribution in [1.29, 1.82) is 0 Å². The SMILES string of the molecule is Cc1nc(NC(=S)NCc2ccc(N3CCCC3)cc2)ccc1Cl. The summed E-state index contributed by atoms with van der Waals surface area (Å²) in [6.45, 7) is 4.88. The Morgan fingerprint density at radius 2 is 1.88 bits per heavy atom. The number of hydrogen-bond acceptors (Lipinski definition) is 3. The van der Waals surface area contributed by atoms with Gasteiger partial charge >= 0.3 is 0 Å². The van der Waals surface area contributed by atoms with Gasteiger partial charge in [-0.15, -0.1) is 0 Å². The number of pyridine rings is 1. The van der Waals surface area contributed by atoms with E-state index in [0.29, 0.717) is 22.5 Å². The fourth-order valence-corrected chi connectivity index (χ4v) is 3.04. The van der Waals surface area contributed by atoms with Crippen LogP contribution in [0, 0.1) is 6.92 Å². The van der Waals surface area contributed by atoms with Crippen LogP contribution in [-0.2, 0) is 6.54 Å². The Morgan fingerprint density at radius 1 is 1.17 bits per heavy atom. The molecular formula is C18H21ClN4S. The van der Waals surface area contributed by atoms with Crippen LogP contribution in [0.4, 0.5) is 11.5 Å². The smallest absolute Gasteiger partial charge is 0.172 e. The fourth-order valence-electron chi connectivity index (χ4n) is 2.76. The van der Waals surface area contributed by atoms with Crippen molar-refractivity contribution in [3.63, 3.8) is 0 Å². The van der Waals surface area contributed by atoms with Crippen molar-refractivity contribution in [2.75, 3.05) is 23.3 Å². The minimum atomic E-state index is 0.549. The van der Waals surface area contributed by atoms with Gasteiger partial charge in [-0.1, -0.05) is 23.7 Å². The van der Waals surface area contributed by atoms with Crippen molar-refractivity contribution in [2.45, 2.75) is 26.3 Å². The molecule has 1 fully saturated rings. The third-order valence-corrected chi connectivity index (χ3v) is 4.77. The normalized spacial score (nSPS) is 13.8. The molecule has 1 aliphatic rings. The van der Waals surface area contributed by atoms with Gasteiger partial charge in [0.05, 0.1) is 10.7 Å². The number of aryl methyl sites for hydroxylation is 1. The molecule has 1 saturated heterocycles. The summed E-state index contributed by atoms with van der Waals surface area (Å²) < 4.78 is 0. The lowest BCUT2D eigenvalue weighted by molar-refractivity contribution is 0.920. The van der Waals surface area contributed by atoms with Gasteiger partial charge < -0.3 is 15.5 Å². The maximum Gasteiger partial charge on any atom is 0.172 e. The zero-order valence-electron chi connectivity index (χ0n) is 13.7. The molecule has 0 saturated carbocycles. The number of benzene rings is 1. The number of nitrogens with zero attached hydrogens (tertiary/aromatic N) is 2. The lowest BCUT2D eigenvalue weighted by Gasteiger charge is -2.18. The molecule has 1 aliphatic heterocycles. The van der Waals surface area contributed by atoms with Crippen LogP contribution < -0.4 is 15.5 Å². The van der Waals surface area contributed by atoms with Crippen molar-refractivity contribution >= 4 is 40.4 Å². The Labute approximate surface area is 153 Å². The number of nitrogens with one attached hydrogen (secondary N) is 2. The molecule has 3 rings (SSSR count). The van der Waals surface area contributed by atoms with E-state index in [2.05, 4.69) is 44.8 Å². The minimum Gasteiger partial charge on any atom is -0.372 e. The molecule has 126 valence electrons. The summed E-state index contributed by atoms with van der Waals surface area (Å²) in [7, 11) is 0. The van der Waals surface area contributed by atoms with Crippen LogP contribution >= 0.6 is 23.8 Å². The van der Waals surface area contributed by atoms with Crippen molar-refractivity contribution in [3.8, 4) is 0 Å². The molecular weight excluding hydrogens is 340 g/mol. The number of hydrogen-bond donors (Lipinski definition) is 2. The number of thiocarbonyl (C=S) groups is 1. The monoisotopic (exact) mass is 360 g/mol. The second-order valence-corrected chi connectivity index (χ2v) is 6.75. The number of aromatic nitrogens is 1. The van der Waals surface area contributed by atoms with E-state index in [-0.39, 0.29) is 0 Å². The summed E-state index contributed by atoms with van der Waals surface area (Å²) in [5, 5.41) is 7.48. The Balaban J connectivity index is 1.51. The fraction of sp³-hybridized carbons (Fsp3) is 0.333. The molecule has 0 bridgehead atoms. The molecule has 0 aliphatic carbocycles. The standard InChI is InChI=1S/C18H21ClN4S/c1-13-16(19)8-9-17(21-13)22-18(24)20-12-14-4-6-15(7-5-14)23-10-2-3-11-23/h4-9H,2-3,10-12H2,1H3,(H2,20,21,22,24). The van der Waals surface area contributed by atoms with E-state index in [0.717, 1.165) is 5.69 Å². The van der Waals surface area contributed by atoms with Crippen molar-refractivity contribution in [3.05, 3.63) is 52.7 Å². The van der Waals surface area contributed by atoms with E-state index in [1.54, 1.807) is 0 Å². The second kappa shape index (κ2) is 7.81. The molecule has 0 atom stereocenters. The van der Waals surface area contributed by atoms with Crippen LogP contribution in [0.2, 0.25) is 5.02 Å². The molecule has 1 aromatic heterocycles. The first-order chi connectivity index (χ1) is 11.6. The molecule has 2 heterocycles. The molecule has 0 unspecified atom stereocenters. The zero-order chi connectivity index (χ0) is 16.9. The average molecular weight is 361 g/mol. The Kier molecular flexibility index (Phi) is 5.53. The second-order valence-electron chi connectivity index (χ2n) is 5.93. The quantitative estimate of drug-likeness (QED) is 0.802. The van der Waals surface area contributed by atoms with E-state index in [1.165, 1.54) is 37.2 Å². The summed E-state index contributed by atoms with van der Waals surface area (Å²) in [4.78, 5) is 6.78. The summed E-state index contributed by atoms with van der Waals surface area (Å²) >= 11 is 11.3. The van der Waals surface area contributed by atoms with Gasteiger partial charge in [-0.05, 0) is 61.8 Å². The van der Waals surface area contributed by atoms with Crippen molar-refractivity contribution in [2.24, 2.45) is 0 Å². The number of halogens is 1. The lowest BCUT2D eigenvalue weighted by Crippen LogP contribution is -2.28. The molecule has 2 N–H and O–H groups in total. The molecule has 0 radical (unpaired) electrons. The van der Waals surface area contributed by atoms with Gasteiger partial charge in [0.15, 0.2) is 5.11 Å². The number of rotatable bonds is 4. The van der Waals surface area contributed by atoms with E-state index in [9.17, 15) is 0 Å². The topological polar surface area (TPSA) is 40.2 Å². The summed E-state index contributed by atoms with van der Waals surface area (Å²) in [5.41, 5.74) is 3.28. The molecule has 0 amide bonds.